The molecule has 0 fully saturated rings. The molecule has 37 heavy (non-hydrogen) atoms. The van der Waals surface area contributed by atoms with Crippen LogP contribution in [0.2, 0.25) is 0 Å². The van der Waals surface area contributed by atoms with E-state index in [1.165, 1.54) is 4.90 Å². The van der Waals surface area contributed by atoms with Gasteiger partial charge in [-0.15, -0.1) is 0 Å². The zero-order valence-electron chi connectivity index (χ0n) is 19.5. The molecule has 0 unspecified atom stereocenters. The summed E-state index contributed by atoms with van der Waals surface area (Å²) in [6.07, 6.45) is 0. The average molecular weight is 479 g/mol. The monoisotopic (exact) mass is 478 g/mol. The molecule has 1 aliphatic rings. The Morgan fingerprint density at radius 3 is 1.89 bits per heavy atom. The third-order valence-corrected chi connectivity index (χ3v) is 7.33. The Labute approximate surface area is 210 Å². The standard InChI is InChI=1S/C32H18N2O3/c35-31-21-11-1-2-12-22(21)32(36)34(31)27-15-7-6-14-26(27)33-25-13-5-3-9-19(25)23-17-24-20-10-4-8-16-29(20)37-30(24)18-28(23)33/h1-18H. The van der Waals surface area contributed by atoms with E-state index in [4.69, 9.17) is 4.42 Å². The second-order valence-electron chi connectivity index (χ2n) is 9.30. The number of anilines is 1. The van der Waals surface area contributed by atoms with Crippen molar-refractivity contribution in [1.29, 1.82) is 0 Å². The first kappa shape index (κ1) is 20.1. The zero-order valence-corrected chi connectivity index (χ0v) is 19.5. The highest BCUT2D eigenvalue weighted by atomic mass is 16.3. The number of carbonyl (C=O) groups excluding carboxylic acids is 2. The van der Waals surface area contributed by atoms with Crippen LogP contribution in [-0.4, -0.2) is 16.4 Å². The second-order valence-corrected chi connectivity index (χ2v) is 9.30. The van der Waals surface area contributed by atoms with Gasteiger partial charge in [-0.3, -0.25) is 9.59 Å². The van der Waals surface area contributed by atoms with Crippen molar-refractivity contribution in [3.05, 3.63) is 120 Å². The molecule has 5 aromatic carbocycles. The molecule has 0 atom stereocenters. The molecule has 0 N–H and O–H groups in total. The van der Waals surface area contributed by atoms with Crippen molar-refractivity contribution in [3.8, 4) is 5.69 Å². The van der Waals surface area contributed by atoms with Crippen LogP contribution in [0.4, 0.5) is 5.69 Å². The van der Waals surface area contributed by atoms with E-state index in [2.05, 4.69) is 34.9 Å². The molecule has 5 nitrogen and oxygen atoms in total. The number of carbonyl (C=O) groups is 2. The lowest BCUT2D eigenvalue weighted by molar-refractivity contribution is 0.0926. The molecular weight excluding hydrogens is 460 g/mol. The number of aromatic nitrogens is 1. The third-order valence-electron chi connectivity index (χ3n) is 7.33. The Morgan fingerprint density at radius 2 is 1.11 bits per heavy atom. The number of benzene rings is 5. The first-order valence-corrected chi connectivity index (χ1v) is 12.1. The van der Waals surface area contributed by atoms with Gasteiger partial charge in [0.25, 0.3) is 11.8 Å². The Hall–Kier alpha value is -5.16. The highest BCUT2D eigenvalue weighted by Crippen LogP contribution is 2.41. The molecule has 2 amide bonds. The van der Waals surface area contributed by atoms with Gasteiger partial charge in [-0.25, -0.2) is 4.90 Å². The molecule has 5 heteroatoms. The number of amides is 2. The van der Waals surface area contributed by atoms with Gasteiger partial charge in [0, 0.05) is 27.6 Å². The van der Waals surface area contributed by atoms with Gasteiger partial charge in [-0.1, -0.05) is 60.7 Å². The van der Waals surface area contributed by atoms with E-state index < -0.39 is 0 Å². The molecule has 0 bridgehead atoms. The normalized spacial score (nSPS) is 13.5. The Bertz CT molecular complexity index is 2060. The van der Waals surface area contributed by atoms with Gasteiger partial charge < -0.3 is 8.98 Å². The largest absolute Gasteiger partial charge is 0.456 e. The molecule has 174 valence electrons. The summed E-state index contributed by atoms with van der Waals surface area (Å²) in [7, 11) is 0. The predicted octanol–water partition coefficient (Wildman–Crippen LogP) is 7.48. The van der Waals surface area contributed by atoms with Crippen molar-refractivity contribution < 1.29 is 14.0 Å². The van der Waals surface area contributed by atoms with Crippen LogP contribution < -0.4 is 4.90 Å². The molecule has 0 aliphatic carbocycles. The topological polar surface area (TPSA) is 55.5 Å². The number of furan rings is 1. The van der Waals surface area contributed by atoms with Gasteiger partial charge in [0.15, 0.2) is 0 Å². The van der Waals surface area contributed by atoms with Crippen LogP contribution in [0.25, 0.3) is 49.4 Å². The van der Waals surface area contributed by atoms with Crippen LogP contribution >= 0.6 is 0 Å². The van der Waals surface area contributed by atoms with Crippen LogP contribution in [0.15, 0.2) is 114 Å². The molecule has 2 aromatic heterocycles. The van der Waals surface area contributed by atoms with E-state index in [1.54, 1.807) is 24.3 Å². The number of imide groups is 1. The molecule has 0 saturated heterocycles. The summed E-state index contributed by atoms with van der Waals surface area (Å²) in [6.45, 7) is 0. The third kappa shape index (κ3) is 2.63. The van der Waals surface area contributed by atoms with Gasteiger partial charge >= 0.3 is 0 Å². The van der Waals surface area contributed by atoms with Crippen LogP contribution in [-0.2, 0) is 0 Å². The van der Waals surface area contributed by atoms with Crippen molar-refractivity contribution in [1.82, 2.24) is 4.57 Å². The summed E-state index contributed by atoms with van der Waals surface area (Å²) < 4.78 is 8.34. The SMILES string of the molecule is O=C1c2ccccc2C(=O)N1c1ccccc1-n1c2ccccc2c2cc3c(cc21)oc1ccccc13. The fourth-order valence-electron chi connectivity index (χ4n) is 5.70. The number of rotatable bonds is 2. The van der Waals surface area contributed by atoms with Crippen LogP contribution in [0, 0.1) is 0 Å². The Morgan fingerprint density at radius 1 is 0.486 bits per heavy atom. The second kappa shape index (κ2) is 7.18. The molecule has 8 rings (SSSR count). The molecule has 1 aliphatic heterocycles. The minimum absolute atomic E-state index is 0.312. The van der Waals surface area contributed by atoms with E-state index in [9.17, 15) is 9.59 Å². The quantitative estimate of drug-likeness (QED) is 0.242. The van der Waals surface area contributed by atoms with E-state index >= 15 is 0 Å². The van der Waals surface area contributed by atoms with Crippen molar-refractivity contribution in [2.75, 3.05) is 4.90 Å². The molecule has 0 radical (unpaired) electrons. The highest BCUT2D eigenvalue weighted by Gasteiger charge is 2.37. The number of hydrogen-bond acceptors (Lipinski definition) is 3. The average Bonchev–Trinajstić information content (AvgIpc) is 3.55. The zero-order chi connectivity index (χ0) is 24.7. The van der Waals surface area contributed by atoms with Gasteiger partial charge in [-0.05, 0) is 42.5 Å². The predicted molar refractivity (Wildman–Crippen MR) is 146 cm³/mol. The molecule has 0 saturated carbocycles. The summed E-state index contributed by atoms with van der Waals surface area (Å²) in [5.74, 6) is -0.623. The number of fused-ring (bicyclic) bond motifs is 7. The molecule has 7 aromatic rings. The summed E-state index contributed by atoms with van der Waals surface area (Å²) in [6, 6.07) is 35.0. The molecule has 3 heterocycles. The lowest BCUT2D eigenvalue weighted by Crippen LogP contribution is -2.30. The number of para-hydroxylation sites is 4. The van der Waals surface area contributed by atoms with Crippen molar-refractivity contribution in [3.63, 3.8) is 0 Å². The van der Waals surface area contributed by atoms with E-state index in [-0.39, 0.29) is 11.8 Å². The maximum atomic E-state index is 13.4. The highest BCUT2D eigenvalue weighted by molar-refractivity contribution is 6.35. The Kier molecular flexibility index (Phi) is 3.90. The minimum Gasteiger partial charge on any atom is -0.456 e. The molecular formula is C32H18N2O3. The van der Waals surface area contributed by atoms with E-state index in [0.717, 1.165) is 49.4 Å². The van der Waals surface area contributed by atoms with Crippen molar-refractivity contribution in [2.24, 2.45) is 0 Å². The van der Waals surface area contributed by atoms with Crippen LogP contribution in [0.5, 0.6) is 0 Å². The van der Waals surface area contributed by atoms with Crippen LogP contribution in [0.3, 0.4) is 0 Å². The summed E-state index contributed by atoms with van der Waals surface area (Å²) in [5.41, 5.74) is 5.69. The van der Waals surface area contributed by atoms with Crippen molar-refractivity contribution in [2.45, 2.75) is 0 Å². The first-order chi connectivity index (χ1) is 18.2. The van der Waals surface area contributed by atoms with Gasteiger partial charge in [0.2, 0.25) is 0 Å². The Balaban J connectivity index is 1.45. The lowest BCUT2D eigenvalue weighted by Gasteiger charge is -2.20. The first-order valence-electron chi connectivity index (χ1n) is 12.1. The number of nitrogens with zero attached hydrogens (tertiary/aromatic N) is 2. The van der Waals surface area contributed by atoms with Gasteiger partial charge in [0.05, 0.1) is 33.5 Å². The van der Waals surface area contributed by atoms with Gasteiger partial charge in [0.1, 0.15) is 11.2 Å². The van der Waals surface area contributed by atoms with Crippen molar-refractivity contribution >= 4 is 61.2 Å². The fraction of sp³-hybridized carbons (Fsp3) is 0. The summed E-state index contributed by atoms with van der Waals surface area (Å²) in [5, 5.41) is 4.29. The maximum absolute atomic E-state index is 13.4. The number of hydrogen-bond donors (Lipinski definition) is 0. The maximum Gasteiger partial charge on any atom is 0.266 e. The van der Waals surface area contributed by atoms with Crippen LogP contribution in [0.1, 0.15) is 20.7 Å². The fourth-order valence-corrected chi connectivity index (χ4v) is 5.70. The van der Waals surface area contributed by atoms with Gasteiger partial charge in [-0.2, -0.15) is 0 Å². The molecule has 0 spiro atoms. The van der Waals surface area contributed by atoms with E-state index in [0.29, 0.717) is 16.8 Å². The summed E-state index contributed by atoms with van der Waals surface area (Å²) >= 11 is 0. The smallest absolute Gasteiger partial charge is 0.266 e. The van der Waals surface area contributed by atoms with E-state index in [1.807, 2.05) is 54.6 Å². The lowest BCUT2D eigenvalue weighted by atomic mass is 10.1. The minimum atomic E-state index is -0.312. The summed E-state index contributed by atoms with van der Waals surface area (Å²) in [4.78, 5) is 28.1.